The lowest BCUT2D eigenvalue weighted by atomic mass is 9.96. The lowest BCUT2D eigenvalue weighted by Crippen LogP contribution is -2.35. The number of nitrogens with one attached hydrogen (secondary N) is 1. The van der Waals surface area contributed by atoms with Crippen molar-refractivity contribution in [3.63, 3.8) is 0 Å². The summed E-state index contributed by atoms with van der Waals surface area (Å²) < 4.78 is 5.01. The highest BCUT2D eigenvalue weighted by atomic mass is 32.1. The summed E-state index contributed by atoms with van der Waals surface area (Å²) in [7, 11) is 1.56. The summed E-state index contributed by atoms with van der Waals surface area (Å²) in [6, 6.07) is 5.92. The van der Waals surface area contributed by atoms with Crippen LogP contribution in [0.25, 0.3) is 10.6 Å². The van der Waals surface area contributed by atoms with Crippen molar-refractivity contribution in [2.75, 3.05) is 20.2 Å². The van der Waals surface area contributed by atoms with Crippen molar-refractivity contribution in [2.24, 2.45) is 0 Å². The number of rotatable bonds is 5. The van der Waals surface area contributed by atoms with E-state index < -0.39 is 0 Å². The molecule has 8 heteroatoms. The topological polar surface area (TPSA) is 84.0 Å². The third-order valence-electron chi connectivity index (χ3n) is 4.70. The average molecular weight is 383 g/mol. The first-order valence-corrected chi connectivity index (χ1v) is 9.81. The molecule has 4 rings (SSSR count). The zero-order valence-corrected chi connectivity index (χ0v) is 15.9. The molecule has 1 N–H and O–H groups in total. The molecule has 0 amide bonds. The van der Waals surface area contributed by atoms with Crippen molar-refractivity contribution in [1.82, 2.24) is 24.8 Å². The van der Waals surface area contributed by atoms with Gasteiger partial charge in [0.15, 0.2) is 0 Å². The molecular weight excluding hydrogens is 362 g/mol. The monoisotopic (exact) mass is 383 g/mol. The molecule has 1 aliphatic heterocycles. The van der Waals surface area contributed by atoms with E-state index in [1.54, 1.807) is 36.9 Å². The fourth-order valence-electron chi connectivity index (χ4n) is 3.43. The zero-order valence-electron chi connectivity index (χ0n) is 15.1. The van der Waals surface area contributed by atoms with Crippen LogP contribution in [0.2, 0.25) is 0 Å². The summed E-state index contributed by atoms with van der Waals surface area (Å²) in [4.78, 5) is 31.6. The van der Waals surface area contributed by atoms with Crippen LogP contribution in [-0.2, 0) is 6.54 Å². The Balaban J connectivity index is 1.50. The molecule has 0 aliphatic carbocycles. The van der Waals surface area contributed by atoms with Crippen LogP contribution in [0.1, 0.15) is 30.1 Å². The number of likely N-dealkylation sites (tertiary alicyclic amines) is 1. The number of nitrogens with zero attached hydrogens (tertiary/aromatic N) is 4. The van der Waals surface area contributed by atoms with E-state index in [2.05, 4.69) is 19.9 Å². The molecule has 0 saturated carbocycles. The quantitative estimate of drug-likeness (QED) is 0.729. The summed E-state index contributed by atoms with van der Waals surface area (Å²) in [5.41, 5.74) is 1.71. The molecule has 7 nitrogen and oxygen atoms in total. The van der Waals surface area contributed by atoms with Gasteiger partial charge in [0.2, 0.25) is 0 Å². The van der Waals surface area contributed by atoms with Crippen molar-refractivity contribution in [1.29, 1.82) is 0 Å². The number of hydrogen-bond donors (Lipinski definition) is 1. The second-order valence-electron chi connectivity index (χ2n) is 6.65. The van der Waals surface area contributed by atoms with Crippen LogP contribution < -0.4 is 10.3 Å². The van der Waals surface area contributed by atoms with Crippen LogP contribution in [0, 0.1) is 0 Å². The Bertz CT molecular complexity index is 939. The SMILES string of the molecule is COc1ncc(CN2CCC[C@@H](c3nc(-c4cccs4)cc(=O)[nH]3)C2)cn1. The summed E-state index contributed by atoms with van der Waals surface area (Å²) in [6.45, 7) is 2.63. The molecule has 0 bridgehead atoms. The molecule has 1 fully saturated rings. The van der Waals surface area contributed by atoms with E-state index >= 15 is 0 Å². The van der Waals surface area contributed by atoms with Crippen LogP contribution >= 0.6 is 11.3 Å². The number of ether oxygens (including phenoxy) is 1. The van der Waals surface area contributed by atoms with Crippen LogP contribution in [-0.4, -0.2) is 45.0 Å². The summed E-state index contributed by atoms with van der Waals surface area (Å²) in [5, 5.41) is 2.00. The van der Waals surface area contributed by atoms with E-state index in [1.165, 1.54) is 0 Å². The van der Waals surface area contributed by atoms with Gasteiger partial charge in [0.05, 0.1) is 17.7 Å². The Labute approximate surface area is 161 Å². The first kappa shape index (κ1) is 17.8. The molecule has 0 spiro atoms. The third kappa shape index (κ3) is 4.23. The first-order chi connectivity index (χ1) is 13.2. The molecule has 4 heterocycles. The maximum Gasteiger partial charge on any atom is 0.316 e. The van der Waals surface area contributed by atoms with Crippen LogP contribution in [0.4, 0.5) is 0 Å². The van der Waals surface area contributed by atoms with Gasteiger partial charge in [-0.2, -0.15) is 0 Å². The predicted molar refractivity (Wildman–Crippen MR) is 104 cm³/mol. The minimum Gasteiger partial charge on any atom is -0.467 e. The fourth-order valence-corrected chi connectivity index (χ4v) is 4.12. The maximum absolute atomic E-state index is 12.1. The van der Waals surface area contributed by atoms with Gasteiger partial charge >= 0.3 is 6.01 Å². The molecule has 1 saturated heterocycles. The van der Waals surface area contributed by atoms with Gasteiger partial charge in [-0.15, -0.1) is 11.3 Å². The van der Waals surface area contributed by atoms with Gasteiger partial charge < -0.3 is 9.72 Å². The molecule has 1 atom stereocenters. The molecule has 1 aliphatic rings. The maximum atomic E-state index is 12.1. The lowest BCUT2D eigenvalue weighted by molar-refractivity contribution is 0.196. The van der Waals surface area contributed by atoms with Crippen LogP contribution in [0.5, 0.6) is 6.01 Å². The van der Waals surface area contributed by atoms with E-state index in [1.807, 2.05) is 17.5 Å². The number of H-pyrrole nitrogens is 1. The number of aromatic nitrogens is 4. The summed E-state index contributed by atoms with van der Waals surface area (Å²) in [6.07, 6.45) is 5.68. The van der Waals surface area contributed by atoms with Crippen LogP contribution in [0.15, 0.2) is 40.8 Å². The van der Waals surface area contributed by atoms with E-state index in [9.17, 15) is 4.79 Å². The second-order valence-corrected chi connectivity index (χ2v) is 7.59. The Morgan fingerprint density at radius 1 is 1.37 bits per heavy atom. The standard InChI is InChI=1S/C19H21N5O2S/c1-26-19-20-9-13(10-21-19)11-24-6-2-4-14(12-24)18-22-15(8-17(25)23-18)16-5-3-7-27-16/h3,5,7-10,14H,2,4,6,11-12H2,1H3,(H,22,23,25)/t14-/m1/s1. The highest BCUT2D eigenvalue weighted by molar-refractivity contribution is 7.13. The van der Waals surface area contributed by atoms with Gasteiger partial charge in [-0.3, -0.25) is 9.69 Å². The number of thiophene rings is 1. The minimum absolute atomic E-state index is 0.0934. The molecule has 27 heavy (non-hydrogen) atoms. The van der Waals surface area contributed by atoms with Gasteiger partial charge in [0.25, 0.3) is 5.56 Å². The number of piperidine rings is 1. The molecular formula is C19H21N5O2S. The van der Waals surface area contributed by atoms with E-state index in [0.29, 0.717) is 6.01 Å². The average Bonchev–Trinajstić information content (AvgIpc) is 3.23. The normalized spacial score (nSPS) is 17.7. The van der Waals surface area contributed by atoms with Gasteiger partial charge in [-0.1, -0.05) is 6.07 Å². The molecule has 3 aromatic heterocycles. The molecule has 3 aromatic rings. The second kappa shape index (κ2) is 7.98. The highest BCUT2D eigenvalue weighted by Crippen LogP contribution is 2.27. The van der Waals surface area contributed by atoms with Crippen molar-refractivity contribution < 1.29 is 4.74 Å². The lowest BCUT2D eigenvalue weighted by Gasteiger charge is -2.32. The minimum atomic E-state index is -0.0934. The van der Waals surface area contributed by atoms with Crippen molar-refractivity contribution in [3.8, 4) is 16.6 Å². The fraction of sp³-hybridized carbons (Fsp3) is 0.368. The van der Waals surface area contributed by atoms with Crippen LogP contribution in [0.3, 0.4) is 0 Å². The van der Waals surface area contributed by atoms with Gasteiger partial charge in [-0.25, -0.2) is 15.0 Å². The third-order valence-corrected chi connectivity index (χ3v) is 5.59. The highest BCUT2D eigenvalue weighted by Gasteiger charge is 2.24. The van der Waals surface area contributed by atoms with Gasteiger partial charge in [0.1, 0.15) is 5.82 Å². The van der Waals surface area contributed by atoms with Crippen molar-refractivity contribution in [2.45, 2.75) is 25.3 Å². The first-order valence-electron chi connectivity index (χ1n) is 8.93. The largest absolute Gasteiger partial charge is 0.467 e. The Kier molecular flexibility index (Phi) is 5.26. The van der Waals surface area contributed by atoms with E-state index in [-0.39, 0.29) is 11.5 Å². The Morgan fingerprint density at radius 2 is 2.22 bits per heavy atom. The Hall–Kier alpha value is -2.58. The number of hydrogen-bond acceptors (Lipinski definition) is 7. The Morgan fingerprint density at radius 3 is 2.96 bits per heavy atom. The van der Waals surface area contributed by atoms with Gasteiger partial charge in [0, 0.05) is 43.0 Å². The number of aromatic amines is 1. The van der Waals surface area contributed by atoms with Crippen molar-refractivity contribution in [3.05, 3.63) is 57.7 Å². The molecule has 0 radical (unpaired) electrons. The zero-order chi connectivity index (χ0) is 18.6. The summed E-state index contributed by atoms with van der Waals surface area (Å²) in [5.74, 6) is 0.993. The number of methoxy groups -OCH3 is 1. The molecule has 140 valence electrons. The smallest absolute Gasteiger partial charge is 0.316 e. The molecule has 0 aromatic carbocycles. The predicted octanol–water partition coefficient (Wildman–Crippen LogP) is 2.68. The summed E-state index contributed by atoms with van der Waals surface area (Å²) >= 11 is 1.60. The van der Waals surface area contributed by atoms with E-state index in [0.717, 1.165) is 54.4 Å². The van der Waals surface area contributed by atoms with Gasteiger partial charge in [-0.05, 0) is 30.8 Å². The van der Waals surface area contributed by atoms with E-state index in [4.69, 9.17) is 9.72 Å². The molecule has 0 unspecified atom stereocenters. The van der Waals surface area contributed by atoms with Crippen molar-refractivity contribution >= 4 is 11.3 Å².